The molecule has 0 unspecified atom stereocenters. The van der Waals surface area contributed by atoms with Crippen LogP contribution >= 0.6 is 0 Å². The zero-order valence-corrected chi connectivity index (χ0v) is 11.6. The Kier molecular flexibility index (Phi) is 4.77. The topological polar surface area (TPSA) is 32.7 Å². The molecule has 0 heterocycles. The van der Waals surface area contributed by atoms with E-state index in [-0.39, 0.29) is 12.4 Å². The van der Waals surface area contributed by atoms with E-state index in [4.69, 9.17) is 4.74 Å². The number of rotatable bonds is 7. The van der Waals surface area contributed by atoms with Crippen LogP contribution in [0.5, 0.6) is 5.75 Å². The number of hydrogen-bond acceptors (Lipinski definition) is 3. The highest BCUT2D eigenvalue weighted by atomic mass is 19.1. The molecule has 0 spiro atoms. The molecule has 3 nitrogen and oxygen atoms in total. The Labute approximate surface area is 114 Å². The van der Waals surface area contributed by atoms with Crippen LogP contribution in [0.4, 0.5) is 4.39 Å². The molecule has 1 saturated carbocycles. The Morgan fingerprint density at radius 3 is 2.58 bits per heavy atom. The molecule has 0 bridgehead atoms. The lowest BCUT2D eigenvalue weighted by molar-refractivity contribution is 0.0622. The van der Waals surface area contributed by atoms with Crippen molar-refractivity contribution in [2.24, 2.45) is 5.92 Å². The molecule has 1 aliphatic rings. The Hall–Kier alpha value is -1.13. The van der Waals surface area contributed by atoms with Gasteiger partial charge < -0.3 is 14.7 Å². The van der Waals surface area contributed by atoms with E-state index in [9.17, 15) is 9.50 Å². The van der Waals surface area contributed by atoms with Crippen molar-refractivity contribution >= 4 is 0 Å². The first-order chi connectivity index (χ1) is 9.06. The van der Waals surface area contributed by atoms with Gasteiger partial charge in [-0.3, -0.25) is 0 Å². The summed E-state index contributed by atoms with van der Waals surface area (Å²) >= 11 is 0. The van der Waals surface area contributed by atoms with Gasteiger partial charge in [-0.2, -0.15) is 0 Å². The molecule has 1 aliphatic carbocycles. The second-order valence-corrected chi connectivity index (χ2v) is 5.44. The second kappa shape index (κ2) is 6.35. The van der Waals surface area contributed by atoms with Crippen LogP contribution in [0.2, 0.25) is 0 Å². The van der Waals surface area contributed by atoms with Gasteiger partial charge in [-0.1, -0.05) is 0 Å². The molecule has 106 valence electrons. The van der Waals surface area contributed by atoms with Crippen LogP contribution in [0.25, 0.3) is 0 Å². The summed E-state index contributed by atoms with van der Waals surface area (Å²) in [6.07, 6.45) is 2.07. The normalized spacial score (nSPS) is 18.4. The summed E-state index contributed by atoms with van der Waals surface area (Å²) in [4.78, 5) is 2.18. The maximum atomic E-state index is 12.7. The SMILES string of the molecule is C[C@@H](C1CC1)N(C)C[C@@H](O)COc1ccc(F)cc1. The van der Waals surface area contributed by atoms with Crippen molar-refractivity contribution in [3.63, 3.8) is 0 Å². The van der Waals surface area contributed by atoms with Crippen LogP contribution in [0, 0.1) is 11.7 Å². The minimum Gasteiger partial charge on any atom is -0.491 e. The molecule has 1 aromatic carbocycles. The van der Waals surface area contributed by atoms with Gasteiger partial charge in [0.25, 0.3) is 0 Å². The molecular weight excluding hydrogens is 245 g/mol. The van der Waals surface area contributed by atoms with Crippen LogP contribution in [-0.2, 0) is 0 Å². The van der Waals surface area contributed by atoms with E-state index in [0.717, 1.165) is 5.92 Å². The molecule has 1 N–H and O–H groups in total. The first-order valence-corrected chi connectivity index (χ1v) is 6.83. The number of aliphatic hydroxyl groups is 1. The first kappa shape index (κ1) is 14.3. The summed E-state index contributed by atoms with van der Waals surface area (Å²) < 4.78 is 18.2. The summed E-state index contributed by atoms with van der Waals surface area (Å²) in [6.45, 7) is 3.03. The van der Waals surface area contributed by atoms with E-state index < -0.39 is 6.10 Å². The largest absolute Gasteiger partial charge is 0.491 e. The Morgan fingerprint density at radius 1 is 1.37 bits per heavy atom. The first-order valence-electron chi connectivity index (χ1n) is 6.83. The Balaban J connectivity index is 1.71. The van der Waals surface area contributed by atoms with Crippen LogP contribution in [-0.4, -0.2) is 42.4 Å². The van der Waals surface area contributed by atoms with Crippen molar-refractivity contribution < 1.29 is 14.2 Å². The third-order valence-corrected chi connectivity index (χ3v) is 3.75. The van der Waals surface area contributed by atoms with Crippen molar-refractivity contribution in [2.75, 3.05) is 20.2 Å². The molecule has 4 heteroatoms. The van der Waals surface area contributed by atoms with Crippen molar-refractivity contribution in [3.8, 4) is 5.75 Å². The molecule has 0 amide bonds. The zero-order chi connectivity index (χ0) is 13.8. The number of aliphatic hydroxyl groups excluding tert-OH is 1. The minimum atomic E-state index is -0.531. The van der Waals surface area contributed by atoms with E-state index >= 15 is 0 Å². The lowest BCUT2D eigenvalue weighted by Gasteiger charge is -2.26. The van der Waals surface area contributed by atoms with Crippen LogP contribution < -0.4 is 4.74 Å². The maximum absolute atomic E-state index is 12.7. The van der Waals surface area contributed by atoms with Crippen molar-refractivity contribution in [3.05, 3.63) is 30.1 Å². The van der Waals surface area contributed by atoms with Gasteiger partial charge in [-0.05, 0) is 57.0 Å². The van der Waals surface area contributed by atoms with Gasteiger partial charge >= 0.3 is 0 Å². The predicted octanol–water partition coefficient (Wildman–Crippen LogP) is 2.30. The zero-order valence-electron chi connectivity index (χ0n) is 11.6. The number of ether oxygens (including phenoxy) is 1. The Morgan fingerprint density at radius 2 is 2.00 bits per heavy atom. The monoisotopic (exact) mass is 267 g/mol. The predicted molar refractivity (Wildman–Crippen MR) is 72.7 cm³/mol. The second-order valence-electron chi connectivity index (χ2n) is 5.44. The lowest BCUT2D eigenvalue weighted by Crippen LogP contribution is -2.39. The fourth-order valence-corrected chi connectivity index (χ4v) is 2.21. The van der Waals surface area contributed by atoms with E-state index in [1.807, 2.05) is 7.05 Å². The number of benzene rings is 1. The van der Waals surface area contributed by atoms with E-state index in [0.29, 0.717) is 18.3 Å². The molecule has 2 rings (SSSR count). The molecule has 1 aromatic rings. The summed E-state index contributed by atoms with van der Waals surface area (Å²) in [5.74, 6) is 1.08. The molecule has 0 saturated heterocycles. The smallest absolute Gasteiger partial charge is 0.123 e. The van der Waals surface area contributed by atoms with Gasteiger partial charge in [0.15, 0.2) is 0 Å². The molecule has 19 heavy (non-hydrogen) atoms. The van der Waals surface area contributed by atoms with Crippen molar-refractivity contribution in [1.82, 2.24) is 4.90 Å². The average Bonchev–Trinajstić information content (AvgIpc) is 3.21. The lowest BCUT2D eigenvalue weighted by atomic mass is 10.2. The summed E-state index contributed by atoms with van der Waals surface area (Å²) in [5.41, 5.74) is 0. The van der Waals surface area contributed by atoms with E-state index in [2.05, 4.69) is 11.8 Å². The van der Waals surface area contributed by atoms with Gasteiger partial charge in [-0.25, -0.2) is 4.39 Å². The third-order valence-electron chi connectivity index (χ3n) is 3.75. The highest BCUT2D eigenvalue weighted by molar-refractivity contribution is 5.22. The molecule has 1 fully saturated rings. The number of nitrogens with zero attached hydrogens (tertiary/aromatic N) is 1. The van der Waals surface area contributed by atoms with Crippen molar-refractivity contribution in [1.29, 1.82) is 0 Å². The fraction of sp³-hybridized carbons (Fsp3) is 0.600. The highest BCUT2D eigenvalue weighted by Gasteiger charge is 2.30. The van der Waals surface area contributed by atoms with Gasteiger partial charge in [-0.15, -0.1) is 0 Å². The standard InChI is InChI=1S/C15H22FNO2/c1-11(12-3-4-12)17(2)9-14(18)10-19-15-7-5-13(16)6-8-15/h5-8,11-12,14,18H,3-4,9-10H2,1-2H3/t11-,14+/m0/s1. The summed E-state index contributed by atoms with van der Waals surface area (Å²) in [7, 11) is 2.03. The molecule has 0 aromatic heterocycles. The summed E-state index contributed by atoms with van der Waals surface area (Å²) in [5, 5.41) is 9.95. The Bertz CT molecular complexity index is 392. The van der Waals surface area contributed by atoms with E-state index in [1.165, 1.54) is 25.0 Å². The number of halogens is 1. The molecule has 0 aliphatic heterocycles. The van der Waals surface area contributed by atoms with Crippen LogP contribution in [0.1, 0.15) is 19.8 Å². The van der Waals surface area contributed by atoms with Crippen LogP contribution in [0.15, 0.2) is 24.3 Å². The highest BCUT2D eigenvalue weighted by Crippen LogP contribution is 2.34. The number of likely N-dealkylation sites (N-methyl/N-ethyl adjacent to an activating group) is 1. The number of hydrogen-bond donors (Lipinski definition) is 1. The summed E-state index contributed by atoms with van der Waals surface area (Å²) in [6, 6.07) is 6.35. The molecule has 2 atom stereocenters. The average molecular weight is 267 g/mol. The third kappa shape index (κ3) is 4.48. The molecule has 0 radical (unpaired) electrons. The quantitative estimate of drug-likeness (QED) is 0.823. The van der Waals surface area contributed by atoms with Gasteiger partial charge in [0.1, 0.15) is 24.3 Å². The van der Waals surface area contributed by atoms with Gasteiger partial charge in [0, 0.05) is 12.6 Å². The van der Waals surface area contributed by atoms with Crippen molar-refractivity contribution in [2.45, 2.75) is 31.9 Å². The van der Waals surface area contributed by atoms with Gasteiger partial charge in [0.2, 0.25) is 0 Å². The maximum Gasteiger partial charge on any atom is 0.123 e. The van der Waals surface area contributed by atoms with E-state index in [1.54, 1.807) is 12.1 Å². The van der Waals surface area contributed by atoms with Crippen LogP contribution in [0.3, 0.4) is 0 Å². The minimum absolute atomic E-state index is 0.230. The van der Waals surface area contributed by atoms with Gasteiger partial charge in [0.05, 0.1) is 0 Å². The fourth-order valence-electron chi connectivity index (χ4n) is 2.21. The molecular formula is C15H22FNO2.